The Bertz CT molecular complexity index is 635. The van der Waals surface area contributed by atoms with Crippen molar-refractivity contribution < 1.29 is 74.7 Å². The third-order valence-corrected chi connectivity index (χ3v) is 6.49. The highest BCUT2D eigenvalue weighted by Gasteiger charge is 2.52. The van der Waals surface area contributed by atoms with Gasteiger partial charge in [0.2, 0.25) is 0 Å². The maximum atomic E-state index is 10.7. The van der Waals surface area contributed by atoms with Crippen LogP contribution in [-0.2, 0) is 23.7 Å². The molecule has 15 heteroatoms. The molecule has 0 radical (unpaired) electrons. The smallest absolute Gasteiger partial charge is 0.187 e. The highest BCUT2D eigenvalue weighted by atomic mass is 16.7. The van der Waals surface area contributed by atoms with Crippen molar-refractivity contribution in [1.82, 2.24) is 0 Å². The van der Waals surface area contributed by atoms with Gasteiger partial charge in [-0.1, -0.05) is 6.92 Å². The van der Waals surface area contributed by atoms with E-state index in [1.807, 2.05) is 0 Å². The first-order chi connectivity index (χ1) is 16.0. The van der Waals surface area contributed by atoms with Gasteiger partial charge in [-0.3, -0.25) is 0 Å². The van der Waals surface area contributed by atoms with Crippen LogP contribution in [-0.4, -0.2) is 157 Å². The fourth-order valence-corrected chi connectivity index (χ4v) is 4.27. The van der Waals surface area contributed by atoms with Crippen molar-refractivity contribution in [3.63, 3.8) is 0 Å². The fraction of sp³-hybridized carbons (Fsp3) is 1.00. The van der Waals surface area contributed by atoms with Gasteiger partial charge in [0.1, 0.15) is 54.9 Å². The van der Waals surface area contributed by atoms with Crippen LogP contribution >= 0.6 is 0 Å². The van der Waals surface area contributed by atoms with Crippen LogP contribution in [0.1, 0.15) is 6.92 Å². The monoisotopic (exact) mass is 502 g/mol. The summed E-state index contributed by atoms with van der Waals surface area (Å²) < 4.78 is 26.9. The first-order valence-corrected chi connectivity index (χ1v) is 10.9. The third-order valence-electron chi connectivity index (χ3n) is 6.49. The number of rotatable bonds is 7. The predicted octanol–water partition coefficient (Wildman–Crippen LogP) is -6.30. The molecule has 3 fully saturated rings. The summed E-state index contributed by atoms with van der Waals surface area (Å²) in [5.41, 5.74) is 0. The van der Waals surface area contributed by atoms with Crippen LogP contribution in [0.25, 0.3) is 0 Å². The maximum absolute atomic E-state index is 10.7. The second kappa shape index (κ2) is 11.6. The molecule has 10 N–H and O–H groups in total. The lowest BCUT2D eigenvalue weighted by molar-refractivity contribution is -0.376. The second-order valence-electron chi connectivity index (χ2n) is 8.70. The summed E-state index contributed by atoms with van der Waals surface area (Å²) in [7, 11) is 0. The van der Waals surface area contributed by atoms with E-state index in [0.29, 0.717) is 0 Å². The lowest BCUT2D eigenvalue weighted by Gasteiger charge is -2.48. The van der Waals surface area contributed by atoms with Crippen molar-refractivity contribution in [3.05, 3.63) is 0 Å². The van der Waals surface area contributed by atoms with Crippen LogP contribution in [0.5, 0.6) is 0 Å². The van der Waals surface area contributed by atoms with Crippen LogP contribution in [0.15, 0.2) is 0 Å². The molecule has 3 aliphatic heterocycles. The summed E-state index contributed by atoms with van der Waals surface area (Å²) in [4.78, 5) is 0. The van der Waals surface area contributed by atoms with E-state index in [1.54, 1.807) is 6.92 Å². The number of hydrogen-bond donors (Lipinski definition) is 10. The molecule has 0 amide bonds. The summed E-state index contributed by atoms with van der Waals surface area (Å²) in [5.74, 6) is -0.637. The summed E-state index contributed by atoms with van der Waals surface area (Å²) in [6.07, 6.45) is -21.8. The van der Waals surface area contributed by atoms with Gasteiger partial charge in [-0.05, 0) is 0 Å². The summed E-state index contributed by atoms with van der Waals surface area (Å²) in [6, 6.07) is 0. The van der Waals surface area contributed by atoms with Crippen molar-refractivity contribution in [2.24, 2.45) is 5.92 Å². The molecule has 0 aromatic carbocycles. The van der Waals surface area contributed by atoms with E-state index >= 15 is 0 Å². The zero-order chi connectivity index (χ0) is 25.3. The Balaban J connectivity index is 1.72. The molecule has 3 saturated heterocycles. The van der Waals surface area contributed by atoms with Gasteiger partial charge in [-0.25, -0.2) is 0 Å². The van der Waals surface area contributed by atoms with E-state index in [1.165, 1.54) is 0 Å². The minimum absolute atomic E-state index is 0.491. The molecule has 3 heterocycles. The van der Waals surface area contributed by atoms with Crippen molar-refractivity contribution in [2.45, 2.75) is 92.9 Å². The Kier molecular flexibility index (Phi) is 9.57. The molecule has 3 aliphatic rings. The number of aliphatic hydroxyl groups excluding tert-OH is 10. The highest BCUT2D eigenvalue weighted by Crippen LogP contribution is 2.33. The van der Waals surface area contributed by atoms with Gasteiger partial charge in [0.25, 0.3) is 0 Å². The first kappa shape index (κ1) is 28.0. The number of ether oxygens (including phenoxy) is 5. The Morgan fingerprint density at radius 2 is 0.941 bits per heavy atom. The summed E-state index contributed by atoms with van der Waals surface area (Å²) in [5, 5.41) is 100. The van der Waals surface area contributed by atoms with Gasteiger partial charge >= 0.3 is 0 Å². The number of hydrogen-bond acceptors (Lipinski definition) is 15. The van der Waals surface area contributed by atoms with Crippen LogP contribution in [0.4, 0.5) is 0 Å². The van der Waals surface area contributed by atoms with Crippen LogP contribution in [0.3, 0.4) is 0 Å². The molecule has 0 bridgehead atoms. The minimum atomic E-state index is -1.86. The topological polar surface area (TPSA) is 248 Å². The van der Waals surface area contributed by atoms with Crippen LogP contribution < -0.4 is 0 Å². The lowest BCUT2D eigenvalue weighted by atomic mass is 9.91. The molecule has 0 spiro atoms. The van der Waals surface area contributed by atoms with E-state index < -0.39 is 112 Å². The zero-order valence-corrected chi connectivity index (χ0v) is 18.3. The average molecular weight is 502 g/mol. The first-order valence-electron chi connectivity index (χ1n) is 10.9. The maximum Gasteiger partial charge on any atom is 0.187 e. The van der Waals surface area contributed by atoms with E-state index in [0.717, 1.165) is 0 Å². The molecule has 0 unspecified atom stereocenters. The van der Waals surface area contributed by atoms with Gasteiger partial charge in [0.05, 0.1) is 32.0 Å². The molecule has 0 saturated carbocycles. The molecular formula is C19H34O15. The standard InChI is InChI=1S/C19H34O15/c1-5-6(2-20)31-18(13(27)9(5)23)34-16-8(4-22)32-19(14(28)11(16)25)33-15-7(3-21)30-17(29)12(26)10(15)24/h5-29H,2-4H2,1H3/t5-,6+,7+,8+,9-,10+,11+,12-,13-,14-,15-,16-,17+,18-,19-/m0/s1. The molecule has 15 atom stereocenters. The van der Waals surface area contributed by atoms with E-state index in [4.69, 9.17) is 23.7 Å². The molecular weight excluding hydrogens is 468 g/mol. The molecule has 0 aromatic heterocycles. The van der Waals surface area contributed by atoms with Crippen molar-refractivity contribution >= 4 is 0 Å². The SMILES string of the molecule is C[C@@H]1[C@H](O)[C@H](O)[C@H](O[C@@H]2[C@H](O)[C@H](O)[C@H](O[C@@H]3[C@H](O)[C@H](O)[C@H](O)O[C@@H]3CO)O[C@@H]2CO)O[C@@H]1CO. The van der Waals surface area contributed by atoms with E-state index in [9.17, 15) is 51.1 Å². The Morgan fingerprint density at radius 3 is 1.44 bits per heavy atom. The van der Waals surface area contributed by atoms with Gasteiger partial charge in [-0.2, -0.15) is 0 Å². The van der Waals surface area contributed by atoms with Crippen molar-refractivity contribution in [3.8, 4) is 0 Å². The predicted molar refractivity (Wildman–Crippen MR) is 104 cm³/mol. The van der Waals surface area contributed by atoms with Crippen molar-refractivity contribution in [2.75, 3.05) is 19.8 Å². The molecule has 34 heavy (non-hydrogen) atoms. The zero-order valence-electron chi connectivity index (χ0n) is 18.3. The van der Waals surface area contributed by atoms with Crippen LogP contribution in [0, 0.1) is 5.92 Å². The number of aliphatic hydroxyl groups is 10. The van der Waals surface area contributed by atoms with E-state index in [2.05, 4.69) is 0 Å². The normalized spacial score (nSPS) is 52.5. The Morgan fingerprint density at radius 1 is 0.529 bits per heavy atom. The van der Waals surface area contributed by atoms with Crippen LogP contribution in [0.2, 0.25) is 0 Å². The molecule has 3 rings (SSSR count). The fourth-order valence-electron chi connectivity index (χ4n) is 4.27. The second-order valence-corrected chi connectivity index (χ2v) is 8.70. The largest absolute Gasteiger partial charge is 0.394 e. The molecule has 15 nitrogen and oxygen atoms in total. The summed E-state index contributed by atoms with van der Waals surface area (Å²) in [6.45, 7) is -0.455. The summed E-state index contributed by atoms with van der Waals surface area (Å²) >= 11 is 0. The lowest BCUT2D eigenvalue weighted by Crippen LogP contribution is -2.66. The third kappa shape index (κ3) is 5.39. The Labute approximate surface area is 194 Å². The van der Waals surface area contributed by atoms with E-state index in [-0.39, 0.29) is 0 Å². The minimum Gasteiger partial charge on any atom is -0.394 e. The van der Waals surface area contributed by atoms with Gasteiger partial charge in [0, 0.05) is 5.92 Å². The van der Waals surface area contributed by atoms with Crippen molar-refractivity contribution in [1.29, 1.82) is 0 Å². The molecule has 0 aliphatic carbocycles. The molecule has 0 aromatic rings. The Hall–Kier alpha value is -0.600. The van der Waals surface area contributed by atoms with Gasteiger partial charge in [-0.15, -0.1) is 0 Å². The average Bonchev–Trinajstić information content (AvgIpc) is 2.83. The quantitative estimate of drug-likeness (QED) is 0.155. The highest BCUT2D eigenvalue weighted by molar-refractivity contribution is 4.95. The van der Waals surface area contributed by atoms with Gasteiger partial charge in [0.15, 0.2) is 18.9 Å². The van der Waals surface area contributed by atoms with Gasteiger partial charge < -0.3 is 74.7 Å². The molecule has 200 valence electrons.